The van der Waals surface area contributed by atoms with E-state index in [1.54, 1.807) is 23.9 Å². The molecule has 2 fully saturated rings. The molecule has 4 rings (SSSR count). The van der Waals surface area contributed by atoms with Gasteiger partial charge in [0, 0.05) is 40.0 Å². The summed E-state index contributed by atoms with van der Waals surface area (Å²) < 4.78 is 0. The van der Waals surface area contributed by atoms with E-state index >= 15 is 0 Å². The first-order chi connectivity index (χ1) is 18.2. The van der Waals surface area contributed by atoms with Crippen LogP contribution in [0.25, 0.3) is 0 Å². The van der Waals surface area contributed by atoms with E-state index in [0.29, 0.717) is 51.6 Å². The largest absolute Gasteiger partial charge is 0.389 e. The second kappa shape index (κ2) is 12.4. The van der Waals surface area contributed by atoms with E-state index in [1.807, 2.05) is 60.7 Å². The Labute approximate surface area is 227 Å². The molecule has 6 heteroatoms. The Hall–Kier alpha value is -2.70. The van der Waals surface area contributed by atoms with E-state index < -0.39 is 23.0 Å². The molecule has 0 aliphatic heterocycles. The van der Waals surface area contributed by atoms with Gasteiger partial charge in [0.05, 0.1) is 23.0 Å². The fraction of sp³-hybridized carbons (Fsp3) is 0.562. The van der Waals surface area contributed by atoms with E-state index in [2.05, 4.69) is 0 Å². The third-order valence-corrected chi connectivity index (χ3v) is 8.83. The summed E-state index contributed by atoms with van der Waals surface area (Å²) >= 11 is 0. The highest BCUT2D eigenvalue weighted by atomic mass is 16.3. The third-order valence-electron chi connectivity index (χ3n) is 8.83. The summed E-state index contributed by atoms with van der Waals surface area (Å²) in [6.45, 7) is 0.783. The lowest BCUT2D eigenvalue weighted by Crippen LogP contribution is -2.53. The topological polar surface area (TPSA) is 81.1 Å². The average molecular weight is 521 g/mol. The molecule has 2 aromatic rings. The highest BCUT2D eigenvalue weighted by molar-refractivity contribution is 5.81. The number of likely N-dealkylation sites (N-methyl/N-ethyl adjacent to an activating group) is 2. The van der Waals surface area contributed by atoms with Gasteiger partial charge in [-0.3, -0.25) is 9.59 Å². The second-order valence-electron chi connectivity index (χ2n) is 11.6. The van der Waals surface area contributed by atoms with Crippen LogP contribution in [-0.2, 0) is 22.4 Å². The van der Waals surface area contributed by atoms with Crippen LogP contribution in [0.15, 0.2) is 60.7 Å². The Morgan fingerprint density at radius 1 is 0.684 bits per heavy atom. The molecular weight excluding hydrogens is 476 g/mol. The summed E-state index contributed by atoms with van der Waals surface area (Å²) in [5.41, 5.74) is -0.0258. The zero-order valence-corrected chi connectivity index (χ0v) is 23.0. The predicted octanol–water partition coefficient (Wildman–Crippen LogP) is 4.23. The molecule has 0 radical (unpaired) electrons. The standard InChI is InChI=1S/C32H44N2O4/c1-33(29(35)27-17-9-11-19-31(27,37)23-25-13-5-3-6-14-25)21-22-34(2)30(36)28-18-10-12-20-32(28,38)24-26-15-7-4-8-16-26/h3-8,13-16,27-28,37-38H,9-12,17-24H2,1-2H3. The number of hydrogen-bond donors (Lipinski definition) is 2. The molecule has 0 heterocycles. The van der Waals surface area contributed by atoms with Gasteiger partial charge < -0.3 is 20.0 Å². The van der Waals surface area contributed by atoms with E-state index in [0.717, 1.165) is 36.8 Å². The van der Waals surface area contributed by atoms with Gasteiger partial charge in [0.15, 0.2) is 0 Å². The van der Waals surface area contributed by atoms with Crippen LogP contribution in [0.1, 0.15) is 62.5 Å². The molecule has 0 aromatic heterocycles. The quantitative estimate of drug-likeness (QED) is 0.519. The number of rotatable bonds is 9. The van der Waals surface area contributed by atoms with Gasteiger partial charge in [-0.25, -0.2) is 0 Å². The van der Waals surface area contributed by atoms with Crippen molar-refractivity contribution in [2.75, 3.05) is 27.2 Å². The van der Waals surface area contributed by atoms with Gasteiger partial charge in [-0.2, -0.15) is 0 Å². The normalized spacial score (nSPS) is 27.5. The van der Waals surface area contributed by atoms with Crippen LogP contribution in [-0.4, -0.2) is 70.2 Å². The maximum atomic E-state index is 13.5. The van der Waals surface area contributed by atoms with Crippen LogP contribution in [0.3, 0.4) is 0 Å². The number of hydrogen-bond acceptors (Lipinski definition) is 4. The molecule has 4 unspecified atom stereocenters. The van der Waals surface area contributed by atoms with Gasteiger partial charge in [-0.05, 0) is 36.8 Å². The molecule has 4 atom stereocenters. The minimum Gasteiger partial charge on any atom is -0.389 e. The molecule has 2 aliphatic rings. The van der Waals surface area contributed by atoms with Crippen molar-refractivity contribution in [2.24, 2.45) is 11.8 Å². The zero-order valence-electron chi connectivity index (χ0n) is 23.0. The maximum Gasteiger partial charge on any atom is 0.228 e. The fourth-order valence-electron chi connectivity index (χ4n) is 6.53. The van der Waals surface area contributed by atoms with Gasteiger partial charge in [0.25, 0.3) is 0 Å². The molecule has 2 N–H and O–H groups in total. The van der Waals surface area contributed by atoms with Crippen LogP contribution in [0.4, 0.5) is 0 Å². The Kier molecular flexibility index (Phi) is 9.27. The van der Waals surface area contributed by atoms with Crippen molar-refractivity contribution >= 4 is 11.8 Å². The number of aliphatic hydroxyl groups is 2. The van der Waals surface area contributed by atoms with E-state index in [9.17, 15) is 19.8 Å². The predicted molar refractivity (Wildman–Crippen MR) is 149 cm³/mol. The first kappa shape index (κ1) is 28.3. The first-order valence-corrected chi connectivity index (χ1v) is 14.2. The summed E-state index contributed by atoms with van der Waals surface area (Å²) in [6.07, 6.45) is 7.23. The molecule has 206 valence electrons. The third kappa shape index (κ3) is 6.65. The molecule has 2 aliphatic carbocycles. The molecule has 6 nitrogen and oxygen atoms in total. The fourth-order valence-corrected chi connectivity index (χ4v) is 6.53. The Bertz CT molecular complexity index is 976. The van der Waals surface area contributed by atoms with Crippen molar-refractivity contribution in [3.05, 3.63) is 71.8 Å². The van der Waals surface area contributed by atoms with Crippen molar-refractivity contribution in [3.63, 3.8) is 0 Å². The minimum absolute atomic E-state index is 0.0535. The molecule has 2 amide bonds. The molecular formula is C32H44N2O4. The lowest BCUT2D eigenvalue weighted by molar-refractivity contribution is -0.152. The highest BCUT2D eigenvalue weighted by Gasteiger charge is 2.45. The lowest BCUT2D eigenvalue weighted by atomic mass is 9.71. The minimum atomic E-state index is -1.05. The van der Waals surface area contributed by atoms with Crippen LogP contribution in [0, 0.1) is 11.8 Å². The van der Waals surface area contributed by atoms with Gasteiger partial charge in [0.1, 0.15) is 0 Å². The van der Waals surface area contributed by atoms with E-state index in [1.165, 1.54) is 0 Å². The molecule has 0 spiro atoms. The average Bonchev–Trinajstić information content (AvgIpc) is 2.92. The van der Waals surface area contributed by atoms with Crippen molar-refractivity contribution in [3.8, 4) is 0 Å². The van der Waals surface area contributed by atoms with Gasteiger partial charge in [-0.15, -0.1) is 0 Å². The first-order valence-electron chi connectivity index (χ1n) is 14.2. The molecule has 0 bridgehead atoms. The SMILES string of the molecule is CN(CCN(C)C(=O)C1CCCCC1(O)Cc1ccccc1)C(=O)C1CCCCC1(O)Cc1ccccc1. The monoisotopic (exact) mass is 520 g/mol. The zero-order chi connectivity index (χ0) is 27.2. The van der Waals surface area contributed by atoms with Gasteiger partial charge in [0.2, 0.25) is 11.8 Å². The molecule has 0 saturated heterocycles. The summed E-state index contributed by atoms with van der Waals surface area (Å²) in [7, 11) is 3.54. The van der Waals surface area contributed by atoms with Crippen LogP contribution < -0.4 is 0 Å². The Morgan fingerprint density at radius 2 is 1.05 bits per heavy atom. The van der Waals surface area contributed by atoms with Crippen molar-refractivity contribution in [1.29, 1.82) is 0 Å². The summed E-state index contributed by atoms with van der Waals surface area (Å²) in [4.78, 5) is 30.4. The molecule has 2 saturated carbocycles. The van der Waals surface area contributed by atoms with Gasteiger partial charge in [-0.1, -0.05) is 86.3 Å². The smallest absolute Gasteiger partial charge is 0.228 e. The van der Waals surface area contributed by atoms with Crippen molar-refractivity contribution in [2.45, 2.75) is 75.4 Å². The van der Waals surface area contributed by atoms with Crippen LogP contribution in [0.2, 0.25) is 0 Å². The molecule has 2 aromatic carbocycles. The summed E-state index contributed by atoms with van der Waals surface area (Å²) in [6, 6.07) is 19.8. The Balaban J connectivity index is 1.36. The summed E-state index contributed by atoms with van der Waals surface area (Å²) in [5.74, 6) is -1.00. The number of carbonyl (C=O) groups is 2. The number of benzene rings is 2. The number of amides is 2. The van der Waals surface area contributed by atoms with E-state index in [4.69, 9.17) is 0 Å². The number of nitrogens with zero attached hydrogens (tertiary/aromatic N) is 2. The van der Waals surface area contributed by atoms with Crippen molar-refractivity contribution < 1.29 is 19.8 Å². The second-order valence-corrected chi connectivity index (χ2v) is 11.6. The lowest BCUT2D eigenvalue weighted by Gasteiger charge is -2.42. The van der Waals surface area contributed by atoms with Gasteiger partial charge >= 0.3 is 0 Å². The summed E-state index contributed by atoms with van der Waals surface area (Å²) in [5, 5.41) is 23.2. The number of carbonyl (C=O) groups excluding carboxylic acids is 2. The Morgan fingerprint density at radius 3 is 1.42 bits per heavy atom. The van der Waals surface area contributed by atoms with E-state index in [-0.39, 0.29) is 11.8 Å². The van der Waals surface area contributed by atoms with Crippen LogP contribution >= 0.6 is 0 Å². The molecule has 38 heavy (non-hydrogen) atoms. The van der Waals surface area contributed by atoms with Crippen molar-refractivity contribution in [1.82, 2.24) is 9.80 Å². The van der Waals surface area contributed by atoms with Crippen LogP contribution in [0.5, 0.6) is 0 Å². The highest BCUT2D eigenvalue weighted by Crippen LogP contribution is 2.39. The maximum absolute atomic E-state index is 13.5.